The lowest BCUT2D eigenvalue weighted by Gasteiger charge is -2.16. The molecule has 6 heteroatoms. The molecule has 1 aromatic heterocycles. The molecule has 4 nitrogen and oxygen atoms in total. The molecule has 0 bridgehead atoms. The van der Waals surface area contributed by atoms with Crippen molar-refractivity contribution in [1.82, 2.24) is 4.31 Å². The van der Waals surface area contributed by atoms with Gasteiger partial charge >= 0.3 is 0 Å². The average Bonchev–Trinajstić information content (AvgIpc) is 2.74. The zero-order valence-corrected chi connectivity index (χ0v) is 13.0. The normalized spacial score (nSPS) is 12.0. The number of hydrogen-bond donors (Lipinski definition) is 0. The smallest absolute Gasteiger partial charge is 0.243 e. The second-order valence-electron chi connectivity index (χ2n) is 4.23. The van der Waals surface area contributed by atoms with Gasteiger partial charge in [-0.3, -0.25) is 0 Å². The highest BCUT2D eigenvalue weighted by molar-refractivity contribution is 9.10. The van der Waals surface area contributed by atoms with Crippen LogP contribution in [0.5, 0.6) is 0 Å². The van der Waals surface area contributed by atoms with Gasteiger partial charge in [0, 0.05) is 11.5 Å². The molecule has 0 unspecified atom stereocenters. The predicted molar refractivity (Wildman–Crippen MR) is 76.2 cm³/mol. The van der Waals surface area contributed by atoms with E-state index in [0.29, 0.717) is 5.76 Å². The summed E-state index contributed by atoms with van der Waals surface area (Å²) in [5, 5.41) is 0. The molecule has 2 aromatic rings. The molecule has 0 saturated heterocycles. The minimum Gasteiger partial charge on any atom is -0.465 e. The van der Waals surface area contributed by atoms with Crippen molar-refractivity contribution >= 4 is 26.0 Å². The van der Waals surface area contributed by atoms with E-state index in [1.54, 1.807) is 30.3 Å². The number of sulfonamides is 1. The first kappa shape index (κ1) is 14.3. The molecule has 0 spiro atoms. The fourth-order valence-corrected chi connectivity index (χ4v) is 3.42. The van der Waals surface area contributed by atoms with E-state index >= 15 is 0 Å². The fourth-order valence-electron chi connectivity index (χ4n) is 1.68. The van der Waals surface area contributed by atoms with E-state index in [4.69, 9.17) is 4.42 Å². The summed E-state index contributed by atoms with van der Waals surface area (Å²) < 4.78 is 32.1. The van der Waals surface area contributed by atoms with Gasteiger partial charge in [-0.15, -0.1) is 0 Å². The summed E-state index contributed by atoms with van der Waals surface area (Å²) >= 11 is 3.27. The summed E-state index contributed by atoms with van der Waals surface area (Å²) in [5.74, 6) is 1.39. The Morgan fingerprint density at radius 2 is 2.00 bits per heavy atom. The van der Waals surface area contributed by atoms with E-state index in [2.05, 4.69) is 15.9 Å². The van der Waals surface area contributed by atoms with Crippen LogP contribution in [0, 0.1) is 6.92 Å². The predicted octanol–water partition coefficient (Wildman–Crippen LogP) is 3.17. The van der Waals surface area contributed by atoms with Crippen LogP contribution >= 0.6 is 15.9 Å². The number of benzene rings is 1. The number of halogens is 1. The Hall–Kier alpha value is -1.11. The fraction of sp³-hybridized carbons (Fsp3) is 0.231. The van der Waals surface area contributed by atoms with Gasteiger partial charge in [0.2, 0.25) is 10.0 Å². The van der Waals surface area contributed by atoms with Crippen LogP contribution in [-0.2, 0) is 16.6 Å². The minimum absolute atomic E-state index is 0.211. The molecule has 0 aliphatic rings. The SMILES string of the molecule is Cc1ccc(CN(C)S(=O)(=O)c2cccc(Br)c2)o1. The van der Waals surface area contributed by atoms with Gasteiger partial charge in [0.25, 0.3) is 0 Å². The van der Waals surface area contributed by atoms with Gasteiger partial charge in [0.15, 0.2) is 0 Å². The first-order valence-corrected chi connectivity index (χ1v) is 7.90. The molecule has 0 N–H and O–H groups in total. The third-order valence-electron chi connectivity index (χ3n) is 2.68. The monoisotopic (exact) mass is 343 g/mol. The van der Waals surface area contributed by atoms with Crippen LogP contribution < -0.4 is 0 Å². The second kappa shape index (κ2) is 5.48. The molecule has 0 radical (unpaired) electrons. The van der Waals surface area contributed by atoms with Crippen LogP contribution in [0.3, 0.4) is 0 Å². The highest BCUT2D eigenvalue weighted by Gasteiger charge is 2.21. The third kappa shape index (κ3) is 3.26. The minimum atomic E-state index is -3.51. The van der Waals surface area contributed by atoms with E-state index in [0.717, 1.165) is 10.2 Å². The van der Waals surface area contributed by atoms with E-state index < -0.39 is 10.0 Å². The summed E-state index contributed by atoms with van der Waals surface area (Å²) in [5.41, 5.74) is 0. The third-order valence-corrected chi connectivity index (χ3v) is 4.97. The number of rotatable bonds is 4. The Morgan fingerprint density at radius 1 is 1.26 bits per heavy atom. The Bertz CT molecular complexity index is 679. The van der Waals surface area contributed by atoms with Gasteiger partial charge in [-0.2, -0.15) is 4.31 Å². The molecule has 1 aromatic carbocycles. The molecule has 0 saturated carbocycles. The molecule has 0 aliphatic carbocycles. The van der Waals surface area contributed by atoms with Gasteiger partial charge in [-0.05, 0) is 37.3 Å². The molecular weight excluding hydrogens is 330 g/mol. The number of furan rings is 1. The molecular formula is C13H14BrNO3S. The van der Waals surface area contributed by atoms with Crippen LogP contribution in [0.25, 0.3) is 0 Å². The highest BCUT2D eigenvalue weighted by Crippen LogP contribution is 2.21. The van der Waals surface area contributed by atoms with Crippen LogP contribution in [0.4, 0.5) is 0 Å². The Labute approximate surface area is 121 Å². The lowest BCUT2D eigenvalue weighted by atomic mass is 10.4. The molecule has 0 fully saturated rings. The largest absolute Gasteiger partial charge is 0.465 e. The lowest BCUT2D eigenvalue weighted by molar-refractivity contribution is 0.397. The van der Waals surface area contributed by atoms with E-state index in [1.807, 2.05) is 13.0 Å². The summed E-state index contributed by atoms with van der Waals surface area (Å²) in [6.45, 7) is 2.04. The van der Waals surface area contributed by atoms with Gasteiger partial charge in [0.1, 0.15) is 11.5 Å². The Kier molecular flexibility index (Phi) is 4.13. The first-order valence-electron chi connectivity index (χ1n) is 5.67. The molecule has 0 atom stereocenters. The van der Waals surface area contributed by atoms with Crippen molar-refractivity contribution in [1.29, 1.82) is 0 Å². The second-order valence-corrected chi connectivity index (χ2v) is 7.19. The first-order chi connectivity index (χ1) is 8.89. The molecule has 102 valence electrons. The molecule has 2 rings (SSSR count). The van der Waals surface area contributed by atoms with E-state index in [9.17, 15) is 8.42 Å². The van der Waals surface area contributed by atoms with Crippen molar-refractivity contribution in [2.45, 2.75) is 18.4 Å². The Balaban J connectivity index is 2.24. The summed E-state index contributed by atoms with van der Waals surface area (Å²) in [7, 11) is -1.97. The quantitative estimate of drug-likeness (QED) is 0.856. The summed E-state index contributed by atoms with van der Waals surface area (Å²) in [6.07, 6.45) is 0. The average molecular weight is 344 g/mol. The highest BCUT2D eigenvalue weighted by atomic mass is 79.9. The maximum atomic E-state index is 12.4. The van der Waals surface area contributed by atoms with Crippen LogP contribution in [0.1, 0.15) is 11.5 Å². The molecule has 1 heterocycles. The lowest BCUT2D eigenvalue weighted by Crippen LogP contribution is -2.26. The van der Waals surface area contributed by atoms with Crippen molar-refractivity contribution in [3.63, 3.8) is 0 Å². The van der Waals surface area contributed by atoms with Crippen molar-refractivity contribution in [2.24, 2.45) is 0 Å². The topological polar surface area (TPSA) is 50.5 Å². The van der Waals surface area contributed by atoms with Crippen molar-refractivity contribution in [3.05, 3.63) is 52.4 Å². The van der Waals surface area contributed by atoms with Gasteiger partial charge in [0.05, 0.1) is 11.4 Å². The van der Waals surface area contributed by atoms with Crippen LogP contribution in [0.15, 0.2) is 50.2 Å². The molecule has 0 aliphatic heterocycles. The maximum absolute atomic E-state index is 12.4. The van der Waals surface area contributed by atoms with Crippen molar-refractivity contribution < 1.29 is 12.8 Å². The number of nitrogens with zero attached hydrogens (tertiary/aromatic N) is 1. The number of aryl methyl sites for hydroxylation is 1. The van der Waals surface area contributed by atoms with Gasteiger partial charge < -0.3 is 4.42 Å². The summed E-state index contributed by atoms with van der Waals surface area (Å²) in [4.78, 5) is 0.257. The van der Waals surface area contributed by atoms with Crippen molar-refractivity contribution in [2.75, 3.05) is 7.05 Å². The van der Waals surface area contributed by atoms with Crippen molar-refractivity contribution in [3.8, 4) is 0 Å². The van der Waals surface area contributed by atoms with Crippen LogP contribution in [-0.4, -0.2) is 19.8 Å². The van der Waals surface area contributed by atoms with Crippen LogP contribution in [0.2, 0.25) is 0 Å². The summed E-state index contributed by atoms with van der Waals surface area (Å²) in [6, 6.07) is 10.2. The van der Waals surface area contributed by atoms with Gasteiger partial charge in [-0.1, -0.05) is 22.0 Å². The maximum Gasteiger partial charge on any atom is 0.243 e. The van der Waals surface area contributed by atoms with E-state index in [-0.39, 0.29) is 11.4 Å². The number of hydrogen-bond acceptors (Lipinski definition) is 3. The standard InChI is InChI=1S/C13H14BrNO3S/c1-10-6-7-12(18-10)9-15(2)19(16,17)13-5-3-4-11(14)8-13/h3-8H,9H2,1-2H3. The van der Waals surface area contributed by atoms with E-state index in [1.165, 1.54) is 11.4 Å². The zero-order chi connectivity index (χ0) is 14.0. The zero-order valence-electron chi connectivity index (χ0n) is 10.6. The Morgan fingerprint density at radius 3 is 2.58 bits per heavy atom. The van der Waals surface area contributed by atoms with Gasteiger partial charge in [-0.25, -0.2) is 8.42 Å². The molecule has 0 amide bonds. The molecule has 19 heavy (non-hydrogen) atoms.